The van der Waals surface area contributed by atoms with Crippen molar-refractivity contribution >= 4 is 22.7 Å². The first-order valence-corrected chi connectivity index (χ1v) is 12.1. The third-order valence-electron chi connectivity index (χ3n) is 6.68. The van der Waals surface area contributed by atoms with E-state index in [4.69, 9.17) is 0 Å². The van der Waals surface area contributed by atoms with E-state index in [1.54, 1.807) is 0 Å². The first kappa shape index (κ1) is 27.0. The molecule has 11 heteroatoms. The molecule has 1 aromatic heterocycles. The lowest BCUT2D eigenvalue weighted by Gasteiger charge is -2.29. The minimum Gasteiger partial charge on any atom is -0.362 e. The van der Waals surface area contributed by atoms with Gasteiger partial charge in [0.15, 0.2) is 0 Å². The third kappa shape index (κ3) is 6.63. The molecular weight excluding hydrogens is 496 g/mol. The first-order valence-electron chi connectivity index (χ1n) is 12.1. The van der Waals surface area contributed by atoms with E-state index in [0.29, 0.717) is 18.6 Å². The Hall–Kier alpha value is -3.08. The van der Waals surface area contributed by atoms with Crippen molar-refractivity contribution in [1.29, 1.82) is 0 Å². The normalized spacial score (nSPS) is 18.7. The van der Waals surface area contributed by atoms with E-state index < -0.39 is 23.5 Å². The van der Waals surface area contributed by atoms with Crippen LogP contribution in [-0.4, -0.2) is 36.6 Å². The summed E-state index contributed by atoms with van der Waals surface area (Å²) in [5.74, 6) is 1.65. The number of rotatable bonds is 7. The maximum absolute atomic E-state index is 13.4. The second kappa shape index (κ2) is 10.7. The van der Waals surface area contributed by atoms with E-state index in [2.05, 4.69) is 20.6 Å². The van der Waals surface area contributed by atoms with Crippen molar-refractivity contribution in [2.45, 2.75) is 50.6 Å². The van der Waals surface area contributed by atoms with E-state index in [0.717, 1.165) is 48.5 Å². The second-order valence-electron chi connectivity index (χ2n) is 9.64. The molecule has 200 valence electrons. The predicted octanol–water partition coefficient (Wildman–Crippen LogP) is 6.49. The molecule has 37 heavy (non-hydrogen) atoms. The van der Waals surface area contributed by atoms with Gasteiger partial charge < -0.3 is 15.5 Å². The van der Waals surface area contributed by atoms with Crippen molar-refractivity contribution in [2.24, 2.45) is 5.92 Å². The molecule has 1 aliphatic carbocycles. The topological polar surface area (TPSA) is 53.1 Å². The van der Waals surface area contributed by atoms with Gasteiger partial charge in [0.2, 0.25) is 5.95 Å². The standard InChI is InChI=1S/C26H29F6N5/c1-37(2)23-20-5-3-4-6-22(20)35-24(36-23)34-19-11-7-16(8-12-19)14-33-15-17-9-10-18(25(27,28)29)13-21(17)26(30,31)32/h3-6,9-10,13,16,19,33H,7-8,11-12,14-15H2,1-2H3,(H,34,35,36)/t16-,19+. The zero-order valence-electron chi connectivity index (χ0n) is 20.5. The van der Waals surface area contributed by atoms with Crippen LogP contribution in [0.4, 0.5) is 38.1 Å². The summed E-state index contributed by atoms with van der Waals surface area (Å²) in [7, 11) is 3.86. The minimum absolute atomic E-state index is 0.149. The van der Waals surface area contributed by atoms with Crippen LogP contribution in [0.3, 0.4) is 0 Å². The Morgan fingerprint density at radius 1 is 0.892 bits per heavy atom. The van der Waals surface area contributed by atoms with Crippen LogP contribution in [0.5, 0.6) is 0 Å². The molecule has 0 unspecified atom stereocenters. The predicted molar refractivity (Wildman–Crippen MR) is 131 cm³/mol. The molecule has 0 saturated heterocycles. The van der Waals surface area contributed by atoms with Gasteiger partial charge in [-0.2, -0.15) is 31.3 Å². The number of hydrogen-bond acceptors (Lipinski definition) is 5. The van der Waals surface area contributed by atoms with Crippen molar-refractivity contribution in [3.8, 4) is 0 Å². The van der Waals surface area contributed by atoms with Gasteiger partial charge in [-0.1, -0.05) is 18.2 Å². The van der Waals surface area contributed by atoms with Crippen molar-refractivity contribution in [3.05, 3.63) is 59.2 Å². The number of halogens is 6. The van der Waals surface area contributed by atoms with Crippen molar-refractivity contribution in [2.75, 3.05) is 30.9 Å². The fourth-order valence-electron chi connectivity index (χ4n) is 4.74. The summed E-state index contributed by atoms with van der Waals surface area (Å²) in [6, 6.07) is 9.77. The summed E-state index contributed by atoms with van der Waals surface area (Å²) in [5.41, 5.74) is -1.90. The summed E-state index contributed by atoms with van der Waals surface area (Å²) in [6.45, 7) is 0.339. The van der Waals surface area contributed by atoms with Crippen LogP contribution in [0, 0.1) is 5.92 Å². The monoisotopic (exact) mass is 525 g/mol. The zero-order valence-corrected chi connectivity index (χ0v) is 20.5. The van der Waals surface area contributed by atoms with E-state index in [1.807, 2.05) is 43.3 Å². The molecule has 0 atom stereocenters. The number of anilines is 2. The third-order valence-corrected chi connectivity index (χ3v) is 6.68. The molecule has 2 N–H and O–H groups in total. The quantitative estimate of drug-likeness (QED) is 0.345. The van der Waals surface area contributed by atoms with Gasteiger partial charge in [0.05, 0.1) is 16.6 Å². The van der Waals surface area contributed by atoms with E-state index in [9.17, 15) is 26.3 Å². The summed E-state index contributed by atoms with van der Waals surface area (Å²) in [5, 5.41) is 7.41. The smallest absolute Gasteiger partial charge is 0.362 e. The first-order chi connectivity index (χ1) is 17.4. The largest absolute Gasteiger partial charge is 0.416 e. The number of nitrogens with zero attached hydrogens (tertiary/aromatic N) is 3. The van der Waals surface area contributed by atoms with Gasteiger partial charge in [-0.05, 0) is 68.0 Å². The lowest BCUT2D eigenvalue weighted by molar-refractivity contribution is -0.143. The number of para-hydroxylation sites is 1. The fraction of sp³-hybridized carbons (Fsp3) is 0.462. The molecule has 1 heterocycles. The van der Waals surface area contributed by atoms with Gasteiger partial charge in [-0.25, -0.2) is 4.98 Å². The van der Waals surface area contributed by atoms with Crippen molar-refractivity contribution in [1.82, 2.24) is 15.3 Å². The van der Waals surface area contributed by atoms with Crippen LogP contribution >= 0.6 is 0 Å². The molecule has 0 spiro atoms. The molecule has 1 saturated carbocycles. The number of fused-ring (bicyclic) bond motifs is 1. The Morgan fingerprint density at radius 2 is 1.59 bits per heavy atom. The SMILES string of the molecule is CN(C)c1nc(N[C@H]2CC[C@@H](CNCc3ccc(C(F)(F)F)cc3C(F)(F)F)CC2)nc2ccccc12. The fourth-order valence-corrected chi connectivity index (χ4v) is 4.74. The highest BCUT2D eigenvalue weighted by atomic mass is 19.4. The number of benzene rings is 2. The molecule has 0 aliphatic heterocycles. The average molecular weight is 526 g/mol. The van der Waals surface area contributed by atoms with Crippen LogP contribution < -0.4 is 15.5 Å². The Bertz CT molecular complexity index is 1220. The maximum Gasteiger partial charge on any atom is 0.416 e. The lowest BCUT2D eigenvalue weighted by atomic mass is 9.86. The molecule has 1 fully saturated rings. The van der Waals surface area contributed by atoms with Gasteiger partial charge in [0, 0.05) is 32.1 Å². The Kier molecular flexibility index (Phi) is 7.82. The number of aromatic nitrogens is 2. The van der Waals surface area contributed by atoms with Crippen LogP contribution in [0.25, 0.3) is 10.9 Å². The highest BCUT2D eigenvalue weighted by Crippen LogP contribution is 2.37. The van der Waals surface area contributed by atoms with E-state index in [-0.39, 0.29) is 30.1 Å². The van der Waals surface area contributed by atoms with E-state index >= 15 is 0 Å². The molecule has 1 aliphatic rings. The van der Waals surface area contributed by atoms with E-state index in [1.165, 1.54) is 0 Å². The molecular formula is C26H29F6N5. The van der Waals surface area contributed by atoms with Crippen LogP contribution in [0.1, 0.15) is 42.4 Å². The zero-order chi connectivity index (χ0) is 26.8. The number of alkyl halides is 6. The Morgan fingerprint density at radius 3 is 2.24 bits per heavy atom. The minimum atomic E-state index is -4.86. The maximum atomic E-state index is 13.4. The van der Waals surface area contributed by atoms with Gasteiger partial charge >= 0.3 is 12.4 Å². The van der Waals surface area contributed by atoms with Gasteiger partial charge in [0.1, 0.15) is 5.82 Å². The van der Waals surface area contributed by atoms with Gasteiger partial charge in [0.25, 0.3) is 0 Å². The van der Waals surface area contributed by atoms with Crippen LogP contribution in [0.15, 0.2) is 42.5 Å². The molecule has 4 rings (SSSR count). The molecule has 2 aromatic carbocycles. The molecule has 0 amide bonds. The summed E-state index contributed by atoms with van der Waals surface area (Å²) >= 11 is 0. The van der Waals surface area contributed by atoms with Gasteiger partial charge in [-0.15, -0.1) is 0 Å². The van der Waals surface area contributed by atoms with Crippen molar-refractivity contribution < 1.29 is 26.3 Å². The Balaban J connectivity index is 1.32. The summed E-state index contributed by atoms with van der Waals surface area (Å²) < 4.78 is 78.7. The highest BCUT2D eigenvalue weighted by molar-refractivity contribution is 5.90. The molecule has 0 radical (unpaired) electrons. The van der Waals surface area contributed by atoms with Crippen LogP contribution in [0.2, 0.25) is 0 Å². The average Bonchev–Trinajstić information content (AvgIpc) is 2.83. The Labute approximate surface area is 211 Å². The van der Waals surface area contributed by atoms with Crippen molar-refractivity contribution in [3.63, 3.8) is 0 Å². The second-order valence-corrected chi connectivity index (χ2v) is 9.64. The van der Waals surface area contributed by atoms with Crippen LogP contribution in [-0.2, 0) is 18.9 Å². The highest BCUT2D eigenvalue weighted by Gasteiger charge is 2.38. The number of hydrogen-bond donors (Lipinski definition) is 2. The number of nitrogens with one attached hydrogen (secondary N) is 2. The summed E-state index contributed by atoms with van der Waals surface area (Å²) in [6.07, 6.45) is -6.26. The molecule has 3 aromatic rings. The molecule has 5 nitrogen and oxygen atoms in total. The van der Waals surface area contributed by atoms with Gasteiger partial charge in [-0.3, -0.25) is 0 Å². The molecule has 0 bridgehead atoms. The summed E-state index contributed by atoms with van der Waals surface area (Å²) in [4.78, 5) is 11.3. The lowest BCUT2D eigenvalue weighted by Crippen LogP contribution is -2.32.